The summed E-state index contributed by atoms with van der Waals surface area (Å²) < 4.78 is 15.6. The van der Waals surface area contributed by atoms with Crippen LogP contribution in [0.5, 0.6) is 11.5 Å². The summed E-state index contributed by atoms with van der Waals surface area (Å²) >= 11 is 0. The van der Waals surface area contributed by atoms with Crippen LogP contribution in [0.2, 0.25) is 0 Å². The van der Waals surface area contributed by atoms with Crippen LogP contribution in [-0.4, -0.2) is 37.1 Å². The van der Waals surface area contributed by atoms with E-state index in [2.05, 4.69) is 9.98 Å². The lowest BCUT2D eigenvalue weighted by Gasteiger charge is -2.09. The number of esters is 1. The highest BCUT2D eigenvalue weighted by atomic mass is 16.7. The van der Waals surface area contributed by atoms with E-state index in [-0.39, 0.29) is 12.8 Å². The number of H-pyrrole nitrogens is 1. The van der Waals surface area contributed by atoms with Gasteiger partial charge in [0.05, 0.1) is 7.11 Å². The first-order chi connectivity index (χ1) is 12.7. The van der Waals surface area contributed by atoms with E-state index < -0.39 is 6.04 Å². The number of nitrogens with one attached hydrogen (secondary N) is 1. The van der Waals surface area contributed by atoms with Crippen molar-refractivity contribution < 1.29 is 19.0 Å². The fourth-order valence-electron chi connectivity index (χ4n) is 3.01. The summed E-state index contributed by atoms with van der Waals surface area (Å²) in [6.07, 6.45) is 4.03. The number of aromatic amines is 1. The van der Waals surface area contributed by atoms with Gasteiger partial charge in [0.15, 0.2) is 17.5 Å². The maximum absolute atomic E-state index is 12.2. The predicted molar refractivity (Wildman–Crippen MR) is 98.0 cm³/mol. The number of rotatable bonds is 5. The first-order valence-electron chi connectivity index (χ1n) is 8.30. The summed E-state index contributed by atoms with van der Waals surface area (Å²) in [5.41, 5.74) is 2.90. The Labute approximate surface area is 150 Å². The molecule has 6 heteroatoms. The van der Waals surface area contributed by atoms with Crippen molar-refractivity contribution in [1.82, 2.24) is 4.98 Å². The Bertz CT molecular complexity index is 977. The Hall–Kier alpha value is -3.28. The molecular weight excluding hydrogens is 332 g/mol. The molecule has 2 aromatic carbocycles. The number of hydrogen-bond acceptors (Lipinski definition) is 5. The van der Waals surface area contributed by atoms with Gasteiger partial charge < -0.3 is 19.2 Å². The quantitative estimate of drug-likeness (QED) is 0.567. The summed E-state index contributed by atoms with van der Waals surface area (Å²) in [6, 6.07) is 12.9. The van der Waals surface area contributed by atoms with Crippen molar-refractivity contribution in [2.45, 2.75) is 12.5 Å². The van der Waals surface area contributed by atoms with E-state index in [4.69, 9.17) is 14.2 Å². The third kappa shape index (κ3) is 3.13. The number of carbonyl (C=O) groups excluding carboxylic acids is 1. The third-order valence-electron chi connectivity index (χ3n) is 4.36. The van der Waals surface area contributed by atoms with E-state index in [0.717, 1.165) is 22.0 Å². The number of carbonyl (C=O) groups is 1. The van der Waals surface area contributed by atoms with Gasteiger partial charge in [-0.05, 0) is 35.4 Å². The molecule has 1 aliphatic rings. The van der Waals surface area contributed by atoms with Gasteiger partial charge >= 0.3 is 5.97 Å². The van der Waals surface area contributed by atoms with E-state index in [1.807, 2.05) is 48.7 Å². The van der Waals surface area contributed by atoms with Crippen LogP contribution in [0.15, 0.2) is 53.7 Å². The molecular formula is C20H18N2O4. The molecule has 2 heterocycles. The van der Waals surface area contributed by atoms with Crippen LogP contribution in [0.1, 0.15) is 11.1 Å². The molecule has 0 amide bonds. The lowest BCUT2D eigenvalue weighted by Crippen LogP contribution is -2.23. The molecule has 132 valence electrons. The fraction of sp³-hybridized carbons (Fsp3) is 0.200. The minimum Gasteiger partial charge on any atom is -0.467 e. The minimum absolute atomic E-state index is 0.223. The van der Waals surface area contributed by atoms with Crippen LogP contribution in [0.25, 0.3) is 10.9 Å². The van der Waals surface area contributed by atoms with Crippen molar-refractivity contribution in [3.05, 3.63) is 59.8 Å². The summed E-state index contributed by atoms with van der Waals surface area (Å²) in [7, 11) is 1.38. The van der Waals surface area contributed by atoms with Crippen LogP contribution < -0.4 is 9.47 Å². The first-order valence-corrected chi connectivity index (χ1v) is 8.30. The standard InChI is InChI=1S/C20H18N2O4/c1-24-20(23)17(9-14-11-22-16-5-3-2-4-15(14)16)21-10-13-6-7-18-19(8-13)26-12-25-18/h2-8,10-11,17,22H,9,12H2,1H3/b21-10+. The topological polar surface area (TPSA) is 72.9 Å². The lowest BCUT2D eigenvalue weighted by atomic mass is 10.1. The number of benzene rings is 2. The number of para-hydroxylation sites is 1. The van der Waals surface area contributed by atoms with Crippen molar-refractivity contribution in [2.75, 3.05) is 13.9 Å². The highest BCUT2D eigenvalue weighted by Gasteiger charge is 2.20. The van der Waals surface area contributed by atoms with Gasteiger partial charge in [-0.3, -0.25) is 4.99 Å². The highest BCUT2D eigenvalue weighted by Crippen LogP contribution is 2.32. The molecule has 26 heavy (non-hydrogen) atoms. The summed E-state index contributed by atoms with van der Waals surface area (Å²) in [6.45, 7) is 0.223. The average Bonchev–Trinajstić information content (AvgIpc) is 3.31. The largest absolute Gasteiger partial charge is 0.467 e. The zero-order valence-corrected chi connectivity index (χ0v) is 14.3. The number of ether oxygens (including phenoxy) is 3. The second-order valence-electron chi connectivity index (χ2n) is 5.99. The van der Waals surface area contributed by atoms with Gasteiger partial charge in [0.25, 0.3) is 0 Å². The normalized spacial score (nSPS) is 14.0. The molecule has 0 bridgehead atoms. The second kappa shape index (κ2) is 6.92. The third-order valence-corrected chi connectivity index (χ3v) is 4.36. The molecule has 0 aliphatic carbocycles. The summed E-state index contributed by atoms with van der Waals surface area (Å²) in [4.78, 5) is 19.9. The molecule has 1 atom stereocenters. The van der Waals surface area contributed by atoms with Crippen molar-refractivity contribution in [2.24, 2.45) is 4.99 Å². The average molecular weight is 350 g/mol. The van der Waals surface area contributed by atoms with Crippen LogP contribution in [-0.2, 0) is 16.0 Å². The molecule has 3 aromatic rings. The molecule has 0 fully saturated rings. The van der Waals surface area contributed by atoms with Crippen LogP contribution >= 0.6 is 0 Å². The molecule has 1 aromatic heterocycles. The molecule has 1 aliphatic heterocycles. The number of aromatic nitrogens is 1. The highest BCUT2D eigenvalue weighted by molar-refractivity contribution is 5.87. The predicted octanol–water partition coefficient (Wildman–Crippen LogP) is 3.10. The van der Waals surface area contributed by atoms with Gasteiger partial charge in [-0.1, -0.05) is 18.2 Å². The Balaban J connectivity index is 1.58. The Morgan fingerprint density at radius 2 is 2.12 bits per heavy atom. The maximum Gasteiger partial charge on any atom is 0.330 e. The lowest BCUT2D eigenvalue weighted by molar-refractivity contribution is -0.142. The van der Waals surface area contributed by atoms with E-state index in [9.17, 15) is 4.79 Å². The number of fused-ring (bicyclic) bond motifs is 2. The smallest absolute Gasteiger partial charge is 0.330 e. The van der Waals surface area contributed by atoms with Crippen molar-refractivity contribution in [1.29, 1.82) is 0 Å². The SMILES string of the molecule is COC(=O)C(Cc1c[nH]c2ccccc12)/N=C/c1ccc2c(c1)OCO2. The van der Waals surface area contributed by atoms with E-state index in [1.54, 1.807) is 6.21 Å². The van der Waals surface area contributed by atoms with Crippen LogP contribution in [0.4, 0.5) is 0 Å². The molecule has 0 spiro atoms. The van der Waals surface area contributed by atoms with Gasteiger partial charge in [-0.15, -0.1) is 0 Å². The van der Waals surface area contributed by atoms with Gasteiger partial charge in [0.1, 0.15) is 0 Å². The van der Waals surface area contributed by atoms with Crippen molar-refractivity contribution in [3.63, 3.8) is 0 Å². The zero-order chi connectivity index (χ0) is 17.9. The van der Waals surface area contributed by atoms with Crippen LogP contribution in [0, 0.1) is 0 Å². The second-order valence-corrected chi connectivity index (χ2v) is 5.99. The first kappa shape index (κ1) is 16.2. The van der Waals surface area contributed by atoms with Crippen molar-refractivity contribution in [3.8, 4) is 11.5 Å². The number of hydrogen-bond donors (Lipinski definition) is 1. The van der Waals surface area contributed by atoms with Gasteiger partial charge in [-0.25, -0.2) is 4.79 Å². The van der Waals surface area contributed by atoms with E-state index in [1.165, 1.54) is 7.11 Å². The van der Waals surface area contributed by atoms with Gasteiger partial charge in [-0.2, -0.15) is 0 Å². The number of methoxy groups -OCH3 is 1. The Morgan fingerprint density at radius 1 is 1.27 bits per heavy atom. The van der Waals surface area contributed by atoms with E-state index >= 15 is 0 Å². The monoisotopic (exact) mass is 350 g/mol. The zero-order valence-electron chi connectivity index (χ0n) is 14.3. The van der Waals surface area contributed by atoms with Crippen LogP contribution in [0.3, 0.4) is 0 Å². The van der Waals surface area contributed by atoms with E-state index in [0.29, 0.717) is 17.9 Å². The Kier molecular flexibility index (Phi) is 4.31. The fourth-order valence-corrected chi connectivity index (χ4v) is 3.01. The Morgan fingerprint density at radius 3 is 3.00 bits per heavy atom. The van der Waals surface area contributed by atoms with Gasteiger partial charge in [0.2, 0.25) is 6.79 Å². The molecule has 0 radical (unpaired) electrons. The minimum atomic E-state index is -0.621. The molecule has 6 nitrogen and oxygen atoms in total. The van der Waals surface area contributed by atoms with Crippen molar-refractivity contribution >= 4 is 23.1 Å². The molecule has 0 saturated heterocycles. The molecule has 1 N–H and O–H groups in total. The number of nitrogens with zero attached hydrogens (tertiary/aromatic N) is 1. The van der Waals surface area contributed by atoms with Gasteiger partial charge in [0, 0.05) is 29.7 Å². The summed E-state index contributed by atoms with van der Waals surface area (Å²) in [5.74, 6) is 1.03. The number of aliphatic imine (C=N–C) groups is 1. The molecule has 1 unspecified atom stereocenters. The molecule has 4 rings (SSSR count). The maximum atomic E-state index is 12.2. The summed E-state index contributed by atoms with van der Waals surface area (Å²) in [5, 5.41) is 1.08. The molecule has 0 saturated carbocycles.